The lowest BCUT2D eigenvalue weighted by Gasteiger charge is -2.27. The fourth-order valence-electron chi connectivity index (χ4n) is 3.46. The molecule has 3 N–H and O–H groups in total. The fourth-order valence-corrected chi connectivity index (χ4v) is 3.46. The van der Waals surface area contributed by atoms with Crippen molar-refractivity contribution in [3.05, 3.63) is 29.8 Å². The van der Waals surface area contributed by atoms with Crippen LogP contribution in [0.25, 0.3) is 0 Å². The second-order valence-electron chi connectivity index (χ2n) is 7.26. The molecule has 4 nitrogen and oxygen atoms in total. The monoisotopic (exact) mass is 331 g/mol. The van der Waals surface area contributed by atoms with E-state index < -0.39 is 0 Å². The van der Waals surface area contributed by atoms with Gasteiger partial charge in [0, 0.05) is 25.4 Å². The first-order chi connectivity index (χ1) is 11.5. The van der Waals surface area contributed by atoms with Crippen LogP contribution >= 0.6 is 0 Å². The maximum absolute atomic E-state index is 6.13. The van der Waals surface area contributed by atoms with Crippen LogP contribution in [0.5, 0.6) is 0 Å². The van der Waals surface area contributed by atoms with Crippen LogP contribution < -0.4 is 11.1 Å². The first kappa shape index (κ1) is 18.8. The summed E-state index contributed by atoms with van der Waals surface area (Å²) < 4.78 is 5.56. The van der Waals surface area contributed by atoms with Crippen molar-refractivity contribution < 1.29 is 4.74 Å². The quantitative estimate of drug-likeness (QED) is 0.418. The Bertz CT molecular complexity index is 533. The molecule has 0 unspecified atom stereocenters. The van der Waals surface area contributed by atoms with E-state index in [2.05, 4.69) is 42.4 Å². The molecule has 1 aliphatic rings. The van der Waals surface area contributed by atoms with Crippen LogP contribution in [0.3, 0.4) is 0 Å². The number of hydrogen-bond donors (Lipinski definition) is 2. The Labute approximate surface area is 146 Å². The maximum Gasteiger partial charge on any atom is 0.193 e. The number of nitrogens with two attached hydrogens (primary N) is 1. The summed E-state index contributed by atoms with van der Waals surface area (Å²) >= 11 is 0. The lowest BCUT2D eigenvalue weighted by atomic mass is 9.83. The van der Waals surface area contributed by atoms with Gasteiger partial charge in [-0.05, 0) is 55.2 Å². The predicted molar refractivity (Wildman–Crippen MR) is 103 cm³/mol. The molecule has 0 spiro atoms. The molecule has 4 heteroatoms. The Morgan fingerprint density at radius 3 is 2.75 bits per heavy atom. The van der Waals surface area contributed by atoms with Gasteiger partial charge in [-0.2, -0.15) is 0 Å². The van der Waals surface area contributed by atoms with E-state index in [1.54, 1.807) is 0 Å². The molecule has 1 aromatic rings. The molecular weight excluding hydrogens is 298 g/mol. The highest BCUT2D eigenvalue weighted by molar-refractivity contribution is 5.92. The number of nitrogens with one attached hydrogen (secondary N) is 1. The van der Waals surface area contributed by atoms with E-state index in [1.807, 2.05) is 13.0 Å². The van der Waals surface area contributed by atoms with E-state index >= 15 is 0 Å². The fraction of sp³-hybridized carbons (Fsp3) is 0.650. The minimum atomic E-state index is 0.279. The summed E-state index contributed by atoms with van der Waals surface area (Å²) in [5.41, 5.74) is 8.72. The second-order valence-corrected chi connectivity index (χ2v) is 7.26. The number of aliphatic imine (C=N–C) groups is 1. The van der Waals surface area contributed by atoms with Crippen molar-refractivity contribution >= 4 is 11.6 Å². The van der Waals surface area contributed by atoms with Crippen LogP contribution in [0.1, 0.15) is 64.4 Å². The zero-order chi connectivity index (χ0) is 17.4. The summed E-state index contributed by atoms with van der Waals surface area (Å²) in [5, 5.41) is 3.24. The lowest BCUT2D eigenvalue weighted by Crippen LogP contribution is -2.28. The average Bonchev–Trinajstić information content (AvgIpc) is 3.03. The third-order valence-electron chi connectivity index (χ3n) is 5.06. The number of benzene rings is 1. The SMILES string of the molecule is CCOCCC1(CN=C(N)Nc2cccc(C(C)C)c2)CCCC1. The molecule has 1 saturated carbocycles. The topological polar surface area (TPSA) is 59.6 Å². The van der Waals surface area contributed by atoms with Gasteiger partial charge in [0.1, 0.15) is 0 Å². The molecule has 0 aliphatic heterocycles. The maximum atomic E-state index is 6.13. The van der Waals surface area contributed by atoms with Crippen molar-refractivity contribution in [2.24, 2.45) is 16.1 Å². The van der Waals surface area contributed by atoms with Crippen LogP contribution in [0.2, 0.25) is 0 Å². The molecule has 0 saturated heterocycles. The molecule has 24 heavy (non-hydrogen) atoms. The molecule has 0 amide bonds. The van der Waals surface area contributed by atoms with Crippen LogP contribution in [0.15, 0.2) is 29.3 Å². The Morgan fingerprint density at radius 1 is 1.33 bits per heavy atom. The molecular formula is C20H33N3O. The minimum absolute atomic E-state index is 0.279. The number of guanidine groups is 1. The summed E-state index contributed by atoms with van der Waals surface area (Å²) in [7, 11) is 0. The molecule has 2 rings (SSSR count). The average molecular weight is 332 g/mol. The van der Waals surface area contributed by atoms with Gasteiger partial charge in [-0.1, -0.05) is 38.8 Å². The highest BCUT2D eigenvalue weighted by Crippen LogP contribution is 2.41. The van der Waals surface area contributed by atoms with Gasteiger partial charge in [0.2, 0.25) is 0 Å². The smallest absolute Gasteiger partial charge is 0.193 e. The van der Waals surface area contributed by atoms with Crippen LogP contribution in [0, 0.1) is 5.41 Å². The lowest BCUT2D eigenvalue weighted by molar-refractivity contribution is 0.107. The summed E-state index contributed by atoms with van der Waals surface area (Å²) in [6.07, 6.45) is 6.15. The third kappa shape index (κ3) is 5.52. The van der Waals surface area contributed by atoms with E-state index in [9.17, 15) is 0 Å². The minimum Gasteiger partial charge on any atom is -0.382 e. The third-order valence-corrected chi connectivity index (χ3v) is 5.06. The summed E-state index contributed by atoms with van der Waals surface area (Å²) in [5.74, 6) is 1.02. The van der Waals surface area contributed by atoms with Gasteiger partial charge in [0.25, 0.3) is 0 Å². The van der Waals surface area contributed by atoms with Crippen molar-refractivity contribution in [3.8, 4) is 0 Å². The van der Waals surface area contributed by atoms with Crippen LogP contribution in [0.4, 0.5) is 5.69 Å². The van der Waals surface area contributed by atoms with Gasteiger partial charge >= 0.3 is 0 Å². The molecule has 0 radical (unpaired) electrons. The summed E-state index contributed by atoms with van der Waals surface area (Å²) in [6, 6.07) is 8.39. The second kappa shape index (κ2) is 9.07. The molecule has 0 heterocycles. The Kier molecular flexibility index (Phi) is 7.10. The molecule has 0 aromatic heterocycles. The molecule has 1 aromatic carbocycles. The highest BCUT2D eigenvalue weighted by atomic mass is 16.5. The standard InChI is InChI=1S/C20H33N3O/c1-4-24-13-12-20(10-5-6-11-20)15-22-19(21)23-18-9-7-8-17(14-18)16(2)3/h7-9,14,16H,4-6,10-13,15H2,1-3H3,(H3,21,22,23). The number of nitrogens with zero attached hydrogens (tertiary/aromatic N) is 1. The van der Waals surface area contributed by atoms with Crippen LogP contribution in [-0.2, 0) is 4.74 Å². The number of anilines is 1. The summed E-state index contributed by atoms with van der Waals surface area (Å²) in [4.78, 5) is 4.65. The van der Waals surface area contributed by atoms with Crippen molar-refractivity contribution in [1.29, 1.82) is 0 Å². The van der Waals surface area contributed by atoms with E-state index in [0.717, 1.165) is 31.9 Å². The van der Waals surface area contributed by atoms with E-state index in [4.69, 9.17) is 10.5 Å². The van der Waals surface area contributed by atoms with E-state index in [1.165, 1.54) is 31.2 Å². The largest absolute Gasteiger partial charge is 0.382 e. The van der Waals surface area contributed by atoms with Gasteiger partial charge < -0.3 is 15.8 Å². The molecule has 1 aliphatic carbocycles. The van der Waals surface area contributed by atoms with Crippen molar-refractivity contribution in [1.82, 2.24) is 0 Å². The Morgan fingerprint density at radius 2 is 2.08 bits per heavy atom. The zero-order valence-electron chi connectivity index (χ0n) is 15.5. The zero-order valence-corrected chi connectivity index (χ0v) is 15.5. The van der Waals surface area contributed by atoms with E-state index in [0.29, 0.717) is 11.9 Å². The van der Waals surface area contributed by atoms with Crippen LogP contribution in [-0.4, -0.2) is 25.7 Å². The van der Waals surface area contributed by atoms with Crippen molar-refractivity contribution in [3.63, 3.8) is 0 Å². The van der Waals surface area contributed by atoms with Gasteiger partial charge in [-0.3, -0.25) is 4.99 Å². The van der Waals surface area contributed by atoms with E-state index in [-0.39, 0.29) is 5.41 Å². The normalized spacial score (nSPS) is 17.4. The van der Waals surface area contributed by atoms with Crippen molar-refractivity contribution in [2.45, 2.75) is 58.8 Å². The van der Waals surface area contributed by atoms with Gasteiger partial charge in [-0.25, -0.2) is 0 Å². The first-order valence-electron chi connectivity index (χ1n) is 9.29. The Balaban J connectivity index is 1.95. The molecule has 1 fully saturated rings. The van der Waals surface area contributed by atoms with Crippen molar-refractivity contribution in [2.75, 3.05) is 25.1 Å². The number of hydrogen-bond acceptors (Lipinski definition) is 2. The van der Waals surface area contributed by atoms with Gasteiger partial charge in [0.15, 0.2) is 5.96 Å². The van der Waals surface area contributed by atoms with Gasteiger partial charge in [0.05, 0.1) is 0 Å². The van der Waals surface area contributed by atoms with Gasteiger partial charge in [-0.15, -0.1) is 0 Å². The number of ether oxygens (including phenoxy) is 1. The predicted octanol–water partition coefficient (Wildman–Crippen LogP) is 4.52. The first-order valence-corrected chi connectivity index (χ1v) is 9.29. The summed E-state index contributed by atoms with van der Waals surface area (Å²) in [6.45, 7) is 8.85. The Hall–Kier alpha value is -1.55. The number of rotatable bonds is 8. The molecule has 134 valence electrons. The molecule has 0 atom stereocenters. The molecule has 0 bridgehead atoms. The highest BCUT2D eigenvalue weighted by Gasteiger charge is 2.33.